The molecule has 1 aromatic rings. The summed E-state index contributed by atoms with van der Waals surface area (Å²) in [5.74, 6) is 3.18. The van der Waals surface area contributed by atoms with E-state index in [1.165, 1.54) is 51.0 Å². The molecule has 0 aromatic heterocycles. The third-order valence-corrected chi connectivity index (χ3v) is 6.77. The van der Waals surface area contributed by atoms with Crippen LogP contribution in [-0.2, 0) is 0 Å². The zero-order valence-corrected chi connectivity index (χ0v) is 16.1. The summed E-state index contributed by atoms with van der Waals surface area (Å²) in [7, 11) is 0. The fraction of sp³-hybridized carbons (Fsp3) is 0.682. The molecule has 1 aromatic carbocycles. The number of halogens is 2. The Hall–Kier alpha value is -1.09. The SMILES string of the molecule is O=C(Cl)c1cc(C2CC2)c(OCCCC2CC3CCCC(C2)C3)cc1F. The van der Waals surface area contributed by atoms with Crippen molar-refractivity contribution in [3.63, 3.8) is 0 Å². The van der Waals surface area contributed by atoms with Gasteiger partial charge in [0.2, 0.25) is 0 Å². The summed E-state index contributed by atoms with van der Waals surface area (Å²) in [6.45, 7) is 0.624. The predicted octanol–water partition coefficient (Wildman–Crippen LogP) is 6.46. The molecule has 3 saturated carbocycles. The highest BCUT2D eigenvalue weighted by Gasteiger charge is 2.32. The number of benzene rings is 1. The first kappa shape index (κ1) is 18.3. The Balaban J connectivity index is 1.32. The number of rotatable bonds is 7. The molecule has 3 aliphatic carbocycles. The van der Waals surface area contributed by atoms with Gasteiger partial charge in [0.15, 0.2) is 0 Å². The molecule has 2 bridgehead atoms. The summed E-state index contributed by atoms with van der Waals surface area (Å²) in [6, 6.07) is 2.95. The summed E-state index contributed by atoms with van der Waals surface area (Å²) < 4.78 is 20.1. The lowest BCUT2D eigenvalue weighted by Crippen LogP contribution is -2.27. The lowest BCUT2D eigenvalue weighted by molar-refractivity contribution is 0.107. The smallest absolute Gasteiger partial charge is 0.255 e. The maximum Gasteiger partial charge on any atom is 0.255 e. The highest BCUT2D eigenvalue weighted by Crippen LogP contribution is 2.46. The minimum absolute atomic E-state index is 0.0327. The first-order chi connectivity index (χ1) is 12.6. The largest absolute Gasteiger partial charge is 0.493 e. The molecular formula is C22H28ClFO2. The Bertz CT molecular complexity index is 658. The predicted molar refractivity (Wildman–Crippen MR) is 101 cm³/mol. The first-order valence-electron chi connectivity index (χ1n) is 10.3. The Morgan fingerprint density at radius 1 is 1.12 bits per heavy atom. The van der Waals surface area contributed by atoms with Gasteiger partial charge >= 0.3 is 0 Å². The van der Waals surface area contributed by atoms with Gasteiger partial charge in [-0.05, 0) is 91.8 Å². The molecule has 0 radical (unpaired) electrons. The molecule has 0 amide bonds. The number of hydrogen-bond donors (Lipinski definition) is 0. The Morgan fingerprint density at radius 3 is 2.50 bits per heavy atom. The third kappa shape index (κ3) is 4.24. The average Bonchev–Trinajstić information content (AvgIpc) is 3.43. The number of carbonyl (C=O) groups excluding carboxylic acids is 1. The monoisotopic (exact) mass is 378 g/mol. The van der Waals surface area contributed by atoms with Crippen molar-refractivity contribution in [1.82, 2.24) is 0 Å². The lowest BCUT2D eigenvalue weighted by atomic mass is 9.67. The Morgan fingerprint density at radius 2 is 1.85 bits per heavy atom. The molecule has 142 valence electrons. The summed E-state index contributed by atoms with van der Waals surface area (Å²) in [6.07, 6.45) is 12.9. The van der Waals surface area contributed by atoms with Crippen molar-refractivity contribution in [2.75, 3.05) is 6.61 Å². The van der Waals surface area contributed by atoms with Gasteiger partial charge in [0.05, 0.1) is 12.2 Å². The molecule has 0 N–H and O–H groups in total. The fourth-order valence-corrected chi connectivity index (χ4v) is 5.36. The molecular weight excluding hydrogens is 351 g/mol. The number of fused-ring (bicyclic) bond motifs is 2. The van der Waals surface area contributed by atoms with E-state index in [1.54, 1.807) is 6.07 Å². The number of ether oxygens (including phenoxy) is 1. The summed E-state index contributed by atoms with van der Waals surface area (Å²) >= 11 is 5.49. The van der Waals surface area contributed by atoms with Gasteiger partial charge in [-0.15, -0.1) is 0 Å². The van der Waals surface area contributed by atoms with Crippen LogP contribution < -0.4 is 4.74 Å². The molecule has 2 unspecified atom stereocenters. The standard InChI is InChI=1S/C22H28ClFO2/c23-22(25)19-12-18(17-6-7-17)21(13-20(19)24)26-8-2-5-16-10-14-3-1-4-15(9-14)11-16/h12-17H,1-11H2. The molecule has 26 heavy (non-hydrogen) atoms. The zero-order valence-electron chi connectivity index (χ0n) is 15.3. The molecule has 3 fully saturated rings. The van der Waals surface area contributed by atoms with Gasteiger partial charge in [-0.3, -0.25) is 4.79 Å². The lowest BCUT2D eigenvalue weighted by Gasteiger charge is -2.39. The van der Waals surface area contributed by atoms with Gasteiger partial charge in [-0.1, -0.05) is 19.3 Å². The van der Waals surface area contributed by atoms with Crippen LogP contribution in [0.4, 0.5) is 4.39 Å². The van der Waals surface area contributed by atoms with E-state index in [0.29, 0.717) is 18.3 Å². The van der Waals surface area contributed by atoms with Crippen LogP contribution in [-0.4, -0.2) is 11.8 Å². The van der Waals surface area contributed by atoms with Crippen LogP contribution in [0, 0.1) is 23.6 Å². The van der Waals surface area contributed by atoms with E-state index in [4.69, 9.17) is 16.3 Å². The highest BCUT2D eigenvalue weighted by atomic mass is 35.5. The van der Waals surface area contributed by atoms with Crippen molar-refractivity contribution in [2.45, 2.75) is 70.1 Å². The van der Waals surface area contributed by atoms with E-state index in [9.17, 15) is 9.18 Å². The van der Waals surface area contributed by atoms with E-state index < -0.39 is 11.1 Å². The van der Waals surface area contributed by atoms with Gasteiger partial charge in [0.1, 0.15) is 11.6 Å². The van der Waals surface area contributed by atoms with Crippen LogP contribution in [0.15, 0.2) is 12.1 Å². The zero-order chi connectivity index (χ0) is 18.1. The van der Waals surface area contributed by atoms with E-state index in [-0.39, 0.29) is 5.56 Å². The van der Waals surface area contributed by atoms with Crippen molar-refractivity contribution in [3.05, 3.63) is 29.1 Å². The first-order valence-corrected chi connectivity index (χ1v) is 10.6. The van der Waals surface area contributed by atoms with Gasteiger partial charge in [-0.25, -0.2) is 4.39 Å². The maximum absolute atomic E-state index is 14.1. The molecule has 2 nitrogen and oxygen atoms in total. The van der Waals surface area contributed by atoms with Crippen LogP contribution in [0.5, 0.6) is 5.75 Å². The molecule has 4 heteroatoms. The van der Waals surface area contributed by atoms with E-state index in [0.717, 1.165) is 42.6 Å². The van der Waals surface area contributed by atoms with E-state index in [1.807, 2.05) is 0 Å². The average molecular weight is 379 g/mol. The summed E-state index contributed by atoms with van der Waals surface area (Å²) in [5.41, 5.74) is 0.914. The number of carbonyl (C=O) groups is 1. The van der Waals surface area contributed by atoms with Gasteiger partial charge in [0, 0.05) is 6.07 Å². The molecule has 0 heterocycles. The minimum atomic E-state index is -0.737. The van der Waals surface area contributed by atoms with Crippen LogP contribution in [0.3, 0.4) is 0 Å². The van der Waals surface area contributed by atoms with Crippen LogP contribution in [0.25, 0.3) is 0 Å². The molecule has 0 spiro atoms. The normalized spacial score (nSPS) is 28.0. The van der Waals surface area contributed by atoms with Crippen molar-refractivity contribution in [1.29, 1.82) is 0 Å². The third-order valence-electron chi connectivity index (χ3n) is 6.57. The molecule has 0 aliphatic heterocycles. The molecule has 2 atom stereocenters. The second kappa shape index (κ2) is 7.88. The van der Waals surface area contributed by atoms with Crippen molar-refractivity contribution in [2.24, 2.45) is 17.8 Å². The Labute approximate surface area is 160 Å². The van der Waals surface area contributed by atoms with Crippen molar-refractivity contribution in [3.8, 4) is 5.75 Å². The molecule has 3 aliphatic rings. The summed E-state index contributed by atoms with van der Waals surface area (Å²) in [4.78, 5) is 11.4. The molecule has 0 saturated heterocycles. The second-order valence-corrected chi connectivity index (χ2v) is 8.99. The van der Waals surface area contributed by atoms with Gasteiger partial charge in [0.25, 0.3) is 5.24 Å². The fourth-order valence-electron chi connectivity index (χ4n) is 5.22. The van der Waals surface area contributed by atoms with E-state index >= 15 is 0 Å². The van der Waals surface area contributed by atoms with E-state index in [2.05, 4.69) is 0 Å². The van der Waals surface area contributed by atoms with Gasteiger partial charge in [-0.2, -0.15) is 0 Å². The van der Waals surface area contributed by atoms with Crippen LogP contribution >= 0.6 is 11.6 Å². The summed E-state index contributed by atoms with van der Waals surface area (Å²) in [5, 5.41) is -0.737. The topological polar surface area (TPSA) is 26.3 Å². The van der Waals surface area contributed by atoms with Crippen LogP contribution in [0.2, 0.25) is 0 Å². The van der Waals surface area contributed by atoms with Crippen molar-refractivity contribution >= 4 is 16.8 Å². The maximum atomic E-state index is 14.1. The Kier molecular flexibility index (Phi) is 5.54. The quantitative estimate of drug-likeness (QED) is 0.402. The highest BCUT2D eigenvalue weighted by molar-refractivity contribution is 6.67. The minimum Gasteiger partial charge on any atom is -0.493 e. The second-order valence-electron chi connectivity index (χ2n) is 8.64. The van der Waals surface area contributed by atoms with Crippen LogP contribution in [0.1, 0.15) is 86.0 Å². The van der Waals surface area contributed by atoms with Gasteiger partial charge < -0.3 is 4.74 Å². The number of hydrogen-bond acceptors (Lipinski definition) is 2. The van der Waals surface area contributed by atoms with Crippen molar-refractivity contribution < 1.29 is 13.9 Å². The molecule has 4 rings (SSSR count).